The quantitative estimate of drug-likeness (QED) is 0.852. The minimum absolute atomic E-state index is 0.226. The number of carbonyl (C=O) groups is 1. The first-order valence-electron chi connectivity index (χ1n) is 5.38. The smallest absolute Gasteiger partial charge is 0.328 e. The van der Waals surface area contributed by atoms with Crippen LogP contribution in [0, 0.1) is 0 Å². The van der Waals surface area contributed by atoms with Gasteiger partial charge in [-0.05, 0) is 23.8 Å². The summed E-state index contributed by atoms with van der Waals surface area (Å²) in [6.07, 6.45) is 4.02. The largest absolute Gasteiger partial charge is 0.484 e. The van der Waals surface area contributed by atoms with Gasteiger partial charge in [-0.15, -0.1) is 0 Å². The molecule has 0 atom stereocenters. The molecule has 0 aliphatic rings. The highest BCUT2D eigenvalue weighted by Gasteiger charge is 2.04. The molecule has 98 valence electrons. The molecule has 0 fully saturated rings. The van der Waals surface area contributed by atoms with Gasteiger partial charge in [-0.1, -0.05) is 22.8 Å². The predicted octanol–water partition coefficient (Wildman–Crippen LogP) is 3.00. The van der Waals surface area contributed by atoms with Gasteiger partial charge in [0.05, 0.1) is 11.2 Å². The van der Waals surface area contributed by atoms with Gasteiger partial charge in [0.2, 0.25) is 0 Å². The van der Waals surface area contributed by atoms with Crippen molar-refractivity contribution in [1.82, 2.24) is 5.16 Å². The normalized spacial score (nSPS) is 10.8. The lowest BCUT2D eigenvalue weighted by atomic mass is 10.2. The molecule has 2 aromatic rings. The molecule has 19 heavy (non-hydrogen) atoms. The molecule has 0 spiro atoms. The second-order valence-electron chi connectivity index (χ2n) is 3.63. The maximum absolute atomic E-state index is 10.4. The molecule has 1 heterocycles. The molecule has 0 unspecified atom stereocenters. The topological polar surface area (TPSA) is 72.6 Å². The Kier molecular flexibility index (Phi) is 4.20. The zero-order valence-electron chi connectivity index (χ0n) is 9.75. The van der Waals surface area contributed by atoms with E-state index in [4.69, 9.17) is 26.0 Å². The van der Waals surface area contributed by atoms with E-state index in [2.05, 4.69) is 5.16 Å². The Morgan fingerprint density at radius 3 is 2.95 bits per heavy atom. The van der Waals surface area contributed by atoms with E-state index >= 15 is 0 Å². The van der Waals surface area contributed by atoms with Crippen LogP contribution in [-0.2, 0) is 11.4 Å². The summed E-state index contributed by atoms with van der Waals surface area (Å²) in [4.78, 5) is 10.4. The lowest BCUT2D eigenvalue weighted by molar-refractivity contribution is -0.131. The number of aromatic nitrogens is 1. The van der Waals surface area contributed by atoms with Crippen molar-refractivity contribution in [3.63, 3.8) is 0 Å². The van der Waals surface area contributed by atoms with Crippen LogP contribution in [-0.4, -0.2) is 16.2 Å². The minimum Gasteiger partial charge on any atom is -0.484 e. The fourth-order valence-electron chi connectivity index (χ4n) is 1.37. The van der Waals surface area contributed by atoms with Crippen LogP contribution in [0.2, 0.25) is 5.02 Å². The molecule has 0 amide bonds. The summed E-state index contributed by atoms with van der Waals surface area (Å²) >= 11 is 6.03. The lowest BCUT2D eigenvalue weighted by Gasteiger charge is -2.06. The number of nitrogens with zero attached hydrogens (tertiary/aromatic N) is 1. The molecule has 0 bridgehead atoms. The number of hydrogen-bond donors (Lipinski definition) is 1. The Hall–Kier alpha value is -2.27. The van der Waals surface area contributed by atoms with Crippen LogP contribution in [0.3, 0.4) is 0 Å². The van der Waals surface area contributed by atoms with Gasteiger partial charge < -0.3 is 14.4 Å². The van der Waals surface area contributed by atoms with Crippen LogP contribution in [0.1, 0.15) is 11.3 Å². The predicted molar refractivity (Wildman–Crippen MR) is 69.0 cm³/mol. The highest BCUT2D eigenvalue weighted by atomic mass is 35.5. The first-order chi connectivity index (χ1) is 9.15. The summed E-state index contributed by atoms with van der Waals surface area (Å²) in [5, 5.41) is 12.5. The van der Waals surface area contributed by atoms with E-state index in [0.29, 0.717) is 22.1 Å². The first kappa shape index (κ1) is 13.2. The van der Waals surface area contributed by atoms with Crippen LogP contribution >= 0.6 is 11.6 Å². The standard InChI is InChI=1S/C13H10ClNO4/c14-11-7-9(2-4-13(16)17)1-3-12(11)18-8-10-5-6-15-19-10/h1-7H,8H2,(H,16,17). The van der Waals surface area contributed by atoms with E-state index in [1.165, 1.54) is 12.3 Å². The summed E-state index contributed by atoms with van der Waals surface area (Å²) in [7, 11) is 0. The molecule has 1 N–H and O–H groups in total. The van der Waals surface area contributed by atoms with Crippen LogP contribution < -0.4 is 4.74 Å². The van der Waals surface area contributed by atoms with Gasteiger partial charge >= 0.3 is 5.97 Å². The van der Waals surface area contributed by atoms with E-state index in [9.17, 15) is 4.79 Å². The van der Waals surface area contributed by atoms with Crippen molar-refractivity contribution in [2.24, 2.45) is 0 Å². The highest BCUT2D eigenvalue weighted by Crippen LogP contribution is 2.26. The molecular formula is C13H10ClNO4. The van der Waals surface area contributed by atoms with Crippen molar-refractivity contribution in [2.45, 2.75) is 6.61 Å². The summed E-state index contributed by atoms with van der Waals surface area (Å²) in [5.74, 6) is 0.0678. The third kappa shape index (κ3) is 3.86. The average Bonchev–Trinajstić information content (AvgIpc) is 2.88. The first-order valence-corrected chi connectivity index (χ1v) is 5.76. The van der Waals surface area contributed by atoms with Crippen molar-refractivity contribution in [3.8, 4) is 5.75 Å². The molecule has 6 heteroatoms. The molecule has 1 aromatic heterocycles. The Labute approximate surface area is 114 Å². The molecular weight excluding hydrogens is 270 g/mol. The molecule has 1 aromatic carbocycles. The number of hydrogen-bond acceptors (Lipinski definition) is 4. The molecule has 2 rings (SSSR count). The number of rotatable bonds is 5. The number of benzene rings is 1. The molecule has 0 radical (unpaired) electrons. The summed E-state index contributed by atoms with van der Waals surface area (Å²) in [6.45, 7) is 0.226. The second kappa shape index (κ2) is 6.06. The number of carboxylic acid groups (broad SMARTS) is 1. The maximum Gasteiger partial charge on any atom is 0.328 e. The molecule has 5 nitrogen and oxygen atoms in total. The second-order valence-corrected chi connectivity index (χ2v) is 4.04. The SMILES string of the molecule is O=C(O)C=Cc1ccc(OCc2ccno2)c(Cl)c1. The summed E-state index contributed by atoms with van der Waals surface area (Å²) in [6, 6.07) is 6.69. The van der Waals surface area contributed by atoms with Crippen LogP contribution in [0.15, 0.2) is 41.1 Å². The van der Waals surface area contributed by atoms with Crippen molar-refractivity contribution >= 4 is 23.6 Å². The Balaban J connectivity index is 2.04. The van der Waals surface area contributed by atoms with Gasteiger partial charge in [0.1, 0.15) is 12.4 Å². The van der Waals surface area contributed by atoms with Crippen molar-refractivity contribution in [1.29, 1.82) is 0 Å². The van der Waals surface area contributed by atoms with Gasteiger partial charge in [0, 0.05) is 12.1 Å². The highest BCUT2D eigenvalue weighted by molar-refractivity contribution is 6.32. The zero-order chi connectivity index (χ0) is 13.7. The number of halogens is 1. The van der Waals surface area contributed by atoms with E-state index in [0.717, 1.165) is 6.08 Å². The number of ether oxygens (including phenoxy) is 1. The Morgan fingerprint density at radius 2 is 2.32 bits per heavy atom. The Morgan fingerprint density at radius 1 is 1.47 bits per heavy atom. The fourth-order valence-corrected chi connectivity index (χ4v) is 1.61. The van der Waals surface area contributed by atoms with Crippen LogP contribution in [0.4, 0.5) is 0 Å². The lowest BCUT2D eigenvalue weighted by Crippen LogP contribution is -1.94. The summed E-state index contributed by atoms with van der Waals surface area (Å²) < 4.78 is 10.3. The van der Waals surface area contributed by atoms with Gasteiger partial charge in [0.15, 0.2) is 5.76 Å². The number of carboxylic acids is 1. The van der Waals surface area contributed by atoms with E-state index < -0.39 is 5.97 Å². The molecule has 0 aliphatic heterocycles. The molecule has 0 saturated heterocycles. The molecule has 0 aliphatic carbocycles. The summed E-state index contributed by atoms with van der Waals surface area (Å²) in [5.41, 5.74) is 0.680. The number of aliphatic carboxylic acids is 1. The third-order valence-electron chi connectivity index (χ3n) is 2.24. The van der Waals surface area contributed by atoms with Gasteiger partial charge in [-0.2, -0.15) is 0 Å². The van der Waals surface area contributed by atoms with E-state index in [-0.39, 0.29) is 6.61 Å². The zero-order valence-corrected chi connectivity index (χ0v) is 10.5. The van der Waals surface area contributed by atoms with Crippen molar-refractivity contribution in [3.05, 3.63) is 52.9 Å². The van der Waals surface area contributed by atoms with Crippen LogP contribution in [0.5, 0.6) is 5.75 Å². The monoisotopic (exact) mass is 279 g/mol. The van der Waals surface area contributed by atoms with Crippen molar-refractivity contribution < 1.29 is 19.2 Å². The van der Waals surface area contributed by atoms with Crippen molar-refractivity contribution in [2.75, 3.05) is 0 Å². The Bertz CT molecular complexity index is 593. The average molecular weight is 280 g/mol. The minimum atomic E-state index is -1.01. The maximum atomic E-state index is 10.4. The van der Waals surface area contributed by atoms with Gasteiger partial charge in [-0.3, -0.25) is 0 Å². The molecule has 0 saturated carbocycles. The van der Waals surface area contributed by atoms with Crippen LogP contribution in [0.25, 0.3) is 6.08 Å². The third-order valence-corrected chi connectivity index (χ3v) is 2.53. The van der Waals surface area contributed by atoms with Gasteiger partial charge in [0.25, 0.3) is 0 Å². The van der Waals surface area contributed by atoms with E-state index in [1.54, 1.807) is 24.3 Å². The fraction of sp³-hybridized carbons (Fsp3) is 0.0769. The van der Waals surface area contributed by atoms with Gasteiger partial charge in [-0.25, -0.2) is 4.79 Å². The van der Waals surface area contributed by atoms with E-state index in [1.807, 2.05) is 0 Å².